The van der Waals surface area contributed by atoms with Gasteiger partial charge in [0.05, 0.1) is 12.7 Å². The van der Waals surface area contributed by atoms with E-state index in [0.29, 0.717) is 6.54 Å². The van der Waals surface area contributed by atoms with Crippen molar-refractivity contribution in [2.24, 2.45) is 0 Å². The van der Waals surface area contributed by atoms with Crippen molar-refractivity contribution in [3.63, 3.8) is 0 Å². The predicted octanol–water partition coefficient (Wildman–Crippen LogP) is 1.45. The van der Waals surface area contributed by atoms with Crippen LogP contribution >= 0.6 is 0 Å². The number of rotatable bonds is 4. The van der Waals surface area contributed by atoms with E-state index in [1.807, 2.05) is 37.5 Å². The van der Waals surface area contributed by atoms with E-state index in [2.05, 4.69) is 27.7 Å². The molecule has 0 radical (unpaired) electrons. The summed E-state index contributed by atoms with van der Waals surface area (Å²) < 4.78 is 1.68. The average molecular weight is 283 g/mol. The Balaban J connectivity index is 2.21. The van der Waals surface area contributed by atoms with Crippen LogP contribution in [0.5, 0.6) is 0 Å². The normalized spacial score (nSPS) is 12.7. The fraction of sp³-hybridized carbons (Fsp3) is 0.267. The van der Waals surface area contributed by atoms with E-state index in [-0.39, 0.29) is 11.6 Å². The molecule has 3 aromatic rings. The summed E-state index contributed by atoms with van der Waals surface area (Å²) in [5.41, 5.74) is 1.81. The quantitative estimate of drug-likeness (QED) is 0.760. The first-order valence-electron chi connectivity index (χ1n) is 6.84. The second-order valence-corrected chi connectivity index (χ2v) is 5.03. The molecule has 0 aliphatic carbocycles. The molecule has 2 heterocycles. The summed E-state index contributed by atoms with van der Waals surface area (Å²) in [5, 5.41) is 15.3. The van der Waals surface area contributed by atoms with E-state index in [9.17, 15) is 4.79 Å². The fourth-order valence-electron chi connectivity index (χ4n) is 2.47. The van der Waals surface area contributed by atoms with Crippen LogP contribution in [0.1, 0.15) is 24.2 Å². The monoisotopic (exact) mass is 283 g/mol. The minimum atomic E-state index is -0.0133. The van der Waals surface area contributed by atoms with E-state index in [1.165, 1.54) is 0 Å². The summed E-state index contributed by atoms with van der Waals surface area (Å²) in [7, 11) is 1.91. The van der Waals surface area contributed by atoms with E-state index >= 15 is 0 Å². The second kappa shape index (κ2) is 5.49. The molecule has 0 aliphatic heterocycles. The van der Waals surface area contributed by atoms with Crippen molar-refractivity contribution in [3.05, 3.63) is 58.3 Å². The summed E-state index contributed by atoms with van der Waals surface area (Å²) >= 11 is 0. The Kier molecular flexibility index (Phi) is 3.53. The number of hydrogen-bond acceptors (Lipinski definition) is 4. The Bertz CT molecular complexity index is 807. The van der Waals surface area contributed by atoms with Crippen LogP contribution in [0.25, 0.3) is 10.8 Å². The van der Waals surface area contributed by atoms with Crippen molar-refractivity contribution in [3.8, 4) is 0 Å². The van der Waals surface area contributed by atoms with Crippen molar-refractivity contribution in [2.75, 3.05) is 7.05 Å². The fourth-order valence-corrected chi connectivity index (χ4v) is 2.47. The van der Waals surface area contributed by atoms with Gasteiger partial charge in [-0.1, -0.05) is 18.2 Å². The lowest BCUT2D eigenvalue weighted by molar-refractivity contribution is 0.639. The van der Waals surface area contributed by atoms with Crippen LogP contribution in [-0.2, 0) is 6.54 Å². The minimum Gasteiger partial charge on any atom is -0.313 e. The minimum absolute atomic E-state index is 0.0133. The number of aromatic amines is 1. The Labute approximate surface area is 121 Å². The molecule has 0 amide bonds. The van der Waals surface area contributed by atoms with Crippen LogP contribution in [0.4, 0.5) is 0 Å². The third-order valence-corrected chi connectivity index (χ3v) is 3.72. The molecule has 3 rings (SSSR count). The van der Waals surface area contributed by atoms with Crippen LogP contribution in [0, 0.1) is 0 Å². The van der Waals surface area contributed by atoms with Gasteiger partial charge in [-0.05, 0) is 31.0 Å². The highest BCUT2D eigenvalue weighted by Gasteiger charge is 2.13. The van der Waals surface area contributed by atoms with Gasteiger partial charge in [0.2, 0.25) is 0 Å². The molecule has 1 unspecified atom stereocenters. The molecular weight excluding hydrogens is 266 g/mol. The highest BCUT2D eigenvalue weighted by atomic mass is 16.1. The van der Waals surface area contributed by atoms with Gasteiger partial charge in [-0.25, -0.2) is 0 Å². The summed E-state index contributed by atoms with van der Waals surface area (Å²) in [6.07, 6.45) is 3.53. The van der Waals surface area contributed by atoms with Gasteiger partial charge in [0.15, 0.2) is 0 Å². The van der Waals surface area contributed by atoms with Crippen molar-refractivity contribution >= 4 is 10.8 Å². The lowest BCUT2D eigenvalue weighted by Gasteiger charge is -2.16. The number of benzene rings is 1. The number of nitrogens with one attached hydrogen (secondary N) is 2. The number of nitrogens with zero attached hydrogens (tertiary/aromatic N) is 3. The lowest BCUT2D eigenvalue weighted by atomic mass is 10.0. The molecule has 0 bridgehead atoms. The van der Waals surface area contributed by atoms with E-state index in [0.717, 1.165) is 22.0 Å². The Morgan fingerprint density at radius 2 is 2.10 bits per heavy atom. The first kappa shape index (κ1) is 13.5. The number of aromatic nitrogens is 4. The second-order valence-electron chi connectivity index (χ2n) is 5.03. The molecule has 2 aromatic heterocycles. The van der Waals surface area contributed by atoms with Crippen LogP contribution in [-0.4, -0.2) is 27.0 Å². The van der Waals surface area contributed by atoms with Gasteiger partial charge in [-0.15, -0.1) is 0 Å². The first-order valence-corrected chi connectivity index (χ1v) is 6.84. The third-order valence-electron chi connectivity index (χ3n) is 3.72. The van der Waals surface area contributed by atoms with Crippen molar-refractivity contribution < 1.29 is 0 Å². The molecule has 1 atom stereocenters. The van der Waals surface area contributed by atoms with Gasteiger partial charge < -0.3 is 9.88 Å². The Hall–Kier alpha value is -2.47. The molecule has 108 valence electrons. The van der Waals surface area contributed by atoms with Gasteiger partial charge in [-0.2, -0.15) is 15.4 Å². The molecule has 1 aromatic carbocycles. The van der Waals surface area contributed by atoms with Crippen LogP contribution < -0.4 is 10.9 Å². The van der Waals surface area contributed by atoms with Crippen LogP contribution in [0.15, 0.2) is 41.5 Å². The summed E-state index contributed by atoms with van der Waals surface area (Å²) in [5.74, 6) is 0. The zero-order chi connectivity index (χ0) is 14.8. The van der Waals surface area contributed by atoms with Gasteiger partial charge in [-0.3, -0.25) is 4.79 Å². The molecule has 2 N–H and O–H groups in total. The lowest BCUT2D eigenvalue weighted by Crippen LogP contribution is -2.24. The Morgan fingerprint density at radius 3 is 2.76 bits per heavy atom. The van der Waals surface area contributed by atoms with Crippen molar-refractivity contribution in [1.82, 2.24) is 25.3 Å². The summed E-state index contributed by atoms with van der Waals surface area (Å²) in [6, 6.07) is 7.84. The van der Waals surface area contributed by atoms with Crippen molar-refractivity contribution in [2.45, 2.75) is 19.5 Å². The maximum Gasteiger partial charge on any atom is 0.258 e. The number of pyridine rings is 1. The summed E-state index contributed by atoms with van der Waals surface area (Å²) in [6.45, 7) is 2.48. The topological polar surface area (TPSA) is 75.6 Å². The van der Waals surface area contributed by atoms with E-state index < -0.39 is 0 Å². The smallest absolute Gasteiger partial charge is 0.258 e. The highest BCUT2D eigenvalue weighted by Crippen LogP contribution is 2.21. The molecule has 0 saturated heterocycles. The molecule has 0 aliphatic rings. The van der Waals surface area contributed by atoms with Gasteiger partial charge in [0.1, 0.15) is 5.69 Å². The molecular formula is C15H17N5O. The van der Waals surface area contributed by atoms with Crippen LogP contribution in [0.2, 0.25) is 0 Å². The van der Waals surface area contributed by atoms with Crippen molar-refractivity contribution in [1.29, 1.82) is 0 Å². The van der Waals surface area contributed by atoms with E-state index in [1.54, 1.807) is 10.8 Å². The molecule has 0 fully saturated rings. The predicted molar refractivity (Wildman–Crippen MR) is 81.2 cm³/mol. The van der Waals surface area contributed by atoms with Gasteiger partial charge in [0, 0.05) is 17.6 Å². The highest BCUT2D eigenvalue weighted by molar-refractivity contribution is 5.85. The van der Waals surface area contributed by atoms with E-state index in [4.69, 9.17) is 0 Å². The number of fused-ring (bicyclic) bond motifs is 1. The first-order chi connectivity index (χ1) is 10.2. The average Bonchev–Trinajstić information content (AvgIpc) is 3.02. The molecule has 21 heavy (non-hydrogen) atoms. The zero-order valence-corrected chi connectivity index (χ0v) is 12.0. The zero-order valence-electron chi connectivity index (χ0n) is 12.0. The largest absolute Gasteiger partial charge is 0.313 e. The van der Waals surface area contributed by atoms with Crippen LogP contribution in [0.3, 0.4) is 0 Å². The molecule has 0 spiro atoms. The van der Waals surface area contributed by atoms with Gasteiger partial charge in [0.25, 0.3) is 5.56 Å². The standard InChI is InChI=1S/C15H17N5O/c1-10(16-2)14-9-20(8-11-7-17-19-18-11)15(21)13-6-4-3-5-12(13)14/h3-7,9-10,16H,8H2,1-2H3,(H,17,18,19). The molecule has 0 saturated carbocycles. The number of H-pyrrole nitrogens is 1. The maximum absolute atomic E-state index is 12.6. The summed E-state index contributed by atoms with van der Waals surface area (Å²) in [4.78, 5) is 12.6. The third kappa shape index (κ3) is 2.45. The van der Waals surface area contributed by atoms with Gasteiger partial charge >= 0.3 is 0 Å². The molecule has 6 nitrogen and oxygen atoms in total. The Morgan fingerprint density at radius 1 is 1.33 bits per heavy atom. The maximum atomic E-state index is 12.6. The number of hydrogen-bond donors (Lipinski definition) is 2. The SMILES string of the molecule is CNC(C)c1cn(Cc2cn[nH]n2)c(=O)c2ccccc12. The molecule has 6 heteroatoms.